The predicted molar refractivity (Wildman–Crippen MR) is 75.2 cm³/mol. The van der Waals surface area contributed by atoms with Crippen LogP contribution in [0.1, 0.15) is 36.5 Å². The van der Waals surface area contributed by atoms with Crippen molar-refractivity contribution in [1.29, 1.82) is 0 Å². The molecule has 0 spiro atoms. The Morgan fingerprint density at radius 1 is 1.17 bits per heavy atom. The van der Waals surface area contributed by atoms with E-state index in [0.29, 0.717) is 5.92 Å². The van der Waals surface area contributed by atoms with Gasteiger partial charge in [0.15, 0.2) is 0 Å². The molecule has 2 nitrogen and oxygen atoms in total. The fourth-order valence-electron chi connectivity index (χ4n) is 2.38. The zero-order chi connectivity index (χ0) is 13.3. The first-order valence-corrected chi connectivity index (χ1v) is 6.28. The number of aliphatic hydroxyl groups is 1. The zero-order valence-corrected chi connectivity index (χ0v) is 11.4. The van der Waals surface area contributed by atoms with Crippen LogP contribution in [0.4, 0.5) is 0 Å². The lowest BCUT2D eigenvalue weighted by atomic mass is 9.92. The molecule has 0 aromatic heterocycles. The Morgan fingerprint density at radius 2 is 1.89 bits per heavy atom. The van der Waals surface area contributed by atoms with Gasteiger partial charge in [0.25, 0.3) is 0 Å². The van der Waals surface area contributed by atoms with Crippen LogP contribution in [-0.4, -0.2) is 12.2 Å². The minimum absolute atomic E-state index is 0.0752. The summed E-state index contributed by atoms with van der Waals surface area (Å²) in [4.78, 5) is 0. The minimum Gasteiger partial charge on any atom is -0.496 e. The Hall–Kier alpha value is -1.54. The second kappa shape index (κ2) is 4.99. The standard InChI is InChI=1S/C16H20O2/c1-10(2)14-7-12(9-17)6-13-8-16(18-4)11(3)5-15(13)14/h5-8,10,17H,9H2,1-4H3. The first-order chi connectivity index (χ1) is 8.56. The van der Waals surface area contributed by atoms with Gasteiger partial charge in [-0.2, -0.15) is 0 Å². The smallest absolute Gasteiger partial charge is 0.122 e. The Bertz CT molecular complexity index is 571. The average Bonchev–Trinajstić information content (AvgIpc) is 2.36. The molecule has 1 N–H and O–H groups in total. The van der Waals surface area contributed by atoms with Gasteiger partial charge in [-0.15, -0.1) is 0 Å². The number of ether oxygens (including phenoxy) is 1. The van der Waals surface area contributed by atoms with E-state index in [0.717, 1.165) is 22.3 Å². The molecule has 0 atom stereocenters. The molecule has 0 fully saturated rings. The quantitative estimate of drug-likeness (QED) is 0.890. The van der Waals surface area contributed by atoms with E-state index in [1.165, 1.54) is 10.9 Å². The molecule has 18 heavy (non-hydrogen) atoms. The van der Waals surface area contributed by atoms with Crippen LogP contribution in [0.3, 0.4) is 0 Å². The molecule has 2 rings (SSSR count). The molecule has 96 valence electrons. The maximum Gasteiger partial charge on any atom is 0.122 e. The lowest BCUT2D eigenvalue weighted by Gasteiger charge is -2.15. The van der Waals surface area contributed by atoms with E-state index >= 15 is 0 Å². The minimum atomic E-state index is 0.0752. The lowest BCUT2D eigenvalue weighted by Crippen LogP contribution is -1.95. The van der Waals surface area contributed by atoms with Crippen molar-refractivity contribution in [2.45, 2.75) is 33.3 Å². The molecular formula is C16H20O2. The molecule has 0 unspecified atom stereocenters. The van der Waals surface area contributed by atoms with Crippen LogP contribution in [0.15, 0.2) is 24.3 Å². The summed E-state index contributed by atoms with van der Waals surface area (Å²) in [7, 11) is 1.69. The van der Waals surface area contributed by atoms with E-state index in [-0.39, 0.29) is 6.61 Å². The van der Waals surface area contributed by atoms with E-state index in [2.05, 4.69) is 39.0 Å². The molecule has 0 aliphatic heterocycles. The molecule has 0 saturated heterocycles. The highest BCUT2D eigenvalue weighted by atomic mass is 16.5. The van der Waals surface area contributed by atoms with Gasteiger partial charge in [0.2, 0.25) is 0 Å². The highest BCUT2D eigenvalue weighted by Crippen LogP contribution is 2.32. The van der Waals surface area contributed by atoms with Gasteiger partial charge in [-0.05, 0) is 58.5 Å². The summed E-state index contributed by atoms with van der Waals surface area (Å²) in [6, 6.07) is 8.35. The van der Waals surface area contributed by atoms with Crippen molar-refractivity contribution in [3.05, 3.63) is 41.0 Å². The monoisotopic (exact) mass is 244 g/mol. The average molecular weight is 244 g/mol. The van der Waals surface area contributed by atoms with Crippen LogP contribution < -0.4 is 4.74 Å². The van der Waals surface area contributed by atoms with Gasteiger partial charge in [0.1, 0.15) is 5.75 Å². The van der Waals surface area contributed by atoms with Crippen molar-refractivity contribution in [2.75, 3.05) is 7.11 Å². The number of aryl methyl sites for hydroxylation is 1. The Kier molecular flexibility index (Phi) is 3.58. The molecule has 2 aromatic carbocycles. The van der Waals surface area contributed by atoms with Gasteiger partial charge in [0, 0.05) is 0 Å². The van der Waals surface area contributed by atoms with Gasteiger partial charge in [-0.3, -0.25) is 0 Å². The van der Waals surface area contributed by atoms with Crippen molar-refractivity contribution < 1.29 is 9.84 Å². The van der Waals surface area contributed by atoms with Crippen molar-refractivity contribution in [3.8, 4) is 5.75 Å². The third kappa shape index (κ3) is 2.21. The summed E-state index contributed by atoms with van der Waals surface area (Å²) in [5.74, 6) is 1.33. The first-order valence-electron chi connectivity index (χ1n) is 6.28. The summed E-state index contributed by atoms with van der Waals surface area (Å²) < 4.78 is 5.36. The maximum absolute atomic E-state index is 9.35. The fourth-order valence-corrected chi connectivity index (χ4v) is 2.38. The number of benzene rings is 2. The van der Waals surface area contributed by atoms with E-state index in [9.17, 15) is 5.11 Å². The topological polar surface area (TPSA) is 29.5 Å². The predicted octanol–water partition coefficient (Wildman–Crippen LogP) is 3.77. The molecular weight excluding hydrogens is 224 g/mol. The van der Waals surface area contributed by atoms with Crippen LogP contribution in [-0.2, 0) is 6.61 Å². The lowest BCUT2D eigenvalue weighted by molar-refractivity contribution is 0.282. The van der Waals surface area contributed by atoms with Gasteiger partial charge in [-0.25, -0.2) is 0 Å². The van der Waals surface area contributed by atoms with Gasteiger partial charge < -0.3 is 9.84 Å². The molecule has 0 radical (unpaired) electrons. The van der Waals surface area contributed by atoms with Gasteiger partial charge >= 0.3 is 0 Å². The van der Waals surface area contributed by atoms with E-state index < -0.39 is 0 Å². The van der Waals surface area contributed by atoms with Crippen LogP contribution in [0.5, 0.6) is 5.75 Å². The number of hydrogen-bond acceptors (Lipinski definition) is 2. The number of methoxy groups -OCH3 is 1. The maximum atomic E-state index is 9.35. The first kappa shape index (κ1) is 12.9. The van der Waals surface area contributed by atoms with Crippen molar-refractivity contribution >= 4 is 10.8 Å². The van der Waals surface area contributed by atoms with E-state index in [1.54, 1.807) is 7.11 Å². The Morgan fingerprint density at radius 3 is 2.44 bits per heavy atom. The Balaban J connectivity index is 2.78. The molecule has 0 bridgehead atoms. The van der Waals surface area contributed by atoms with Crippen LogP contribution in [0, 0.1) is 6.92 Å². The summed E-state index contributed by atoms with van der Waals surface area (Å²) in [6.07, 6.45) is 0. The summed E-state index contributed by atoms with van der Waals surface area (Å²) in [5, 5.41) is 11.7. The number of fused-ring (bicyclic) bond motifs is 1. The van der Waals surface area contributed by atoms with Crippen molar-refractivity contribution in [3.63, 3.8) is 0 Å². The number of rotatable bonds is 3. The highest BCUT2D eigenvalue weighted by Gasteiger charge is 2.10. The highest BCUT2D eigenvalue weighted by molar-refractivity contribution is 5.89. The zero-order valence-electron chi connectivity index (χ0n) is 11.4. The van der Waals surface area contributed by atoms with Crippen molar-refractivity contribution in [1.82, 2.24) is 0 Å². The molecule has 2 heteroatoms. The van der Waals surface area contributed by atoms with Crippen molar-refractivity contribution in [2.24, 2.45) is 0 Å². The Labute approximate surface area is 108 Å². The third-order valence-electron chi connectivity index (χ3n) is 3.36. The molecule has 0 saturated carbocycles. The normalized spacial score (nSPS) is 11.2. The fraction of sp³-hybridized carbons (Fsp3) is 0.375. The van der Waals surface area contributed by atoms with Crippen LogP contribution in [0.2, 0.25) is 0 Å². The number of hydrogen-bond donors (Lipinski definition) is 1. The summed E-state index contributed by atoms with van der Waals surface area (Å²) >= 11 is 0. The third-order valence-corrected chi connectivity index (χ3v) is 3.36. The largest absolute Gasteiger partial charge is 0.496 e. The molecule has 0 aliphatic carbocycles. The van der Waals surface area contributed by atoms with Crippen LogP contribution in [0.25, 0.3) is 10.8 Å². The second-order valence-corrected chi connectivity index (χ2v) is 5.04. The number of aliphatic hydroxyl groups excluding tert-OH is 1. The SMILES string of the molecule is COc1cc2cc(CO)cc(C(C)C)c2cc1C. The van der Waals surface area contributed by atoms with Crippen LogP contribution >= 0.6 is 0 Å². The second-order valence-electron chi connectivity index (χ2n) is 5.04. The molecule has 0 amide bonds. The molecule has 0 aliphatic rings. The van der Waals surface area contributed by atoms with E-state index in [1.807, 2.05) is 6.07 Å². The summed E-state index contributed by atoms with van der Waals surface area (Å²) in [6.45, 7) is 6.49. The molecule has 0 heterocycles. The van der Waals surface area contributed by atoms with E-state index in [4.69, 9.17) is 4.74 Å². The molecule has 2 aromatic rings. The van der Waals surface area contributed by atoms with Gasteiger partial charge in [0.05, 0.1) is 13.7 Å². The van der Waals surface area contributed by atoms with Gasteiger partial charge in [-0.1, -0.05) is 19.9 Å². The summed E-state index contributed by atoms with van der Waals surface area (Å²) in [5.41, 5.74) is 3.38.